The Hall–Kier alpha value is -0.960. The maximum atomic E-state index is 5.58. The van der Waals surface area contributed by atoms with Gasteiger partial charge in [-0.2, -0.15) is 0 Å². The Labute approximate surface area is 96.3 Å². The number of nitrogens with zero attached hydrogens (tertiary/aromatic N) is 2. The average Bonchev–Trinajstić information content (AvgIpc) is 2.27. The normalized spacial score (nSPS) is 28.4. The molecule has 2 atom stereocenters. The fourth-order valence-electron chi connectivity index (χ4n) is 3.09. The van der Waals surface area contributed by atoms with E-state index in [1.54, 1.807) is 0 Å². The number of ether oxygens (including phenoxy) is 1. The molecule has 0 aromatic carbocycles. The van der Waals surface area contributed by atoms with Crippen molar-refractivity contribution in [3.05, 3.63) is 22.8 Å². The first kappa shape index (κ1) is 10.2. The third-order valence-electron chi connectivity index (χ3n) is 3.96. The summed E-state index contributed by atoms with van der Waals surface area (Å²) in [5.74, 6) is 2.41. The van der Waals surface area contributed by atoms with E-state index in [0.29, 0.717) is 5.92 Å². The summed E-state index contributed by atoms with van der Waals surface area (Å²) in [4.78, 5) is 9.09. The van der Waals surface area contributed by atoms with Gasteiger partial charge in [-0.05, 0) is 50.5 Å². The van der Waals surface area contributed by atoms with E-state index in [9.17, 15) is 0 Å². The molecule has 2 aliphatic rings. The summed E-state index contributed by atoms with van der Waals surface area (Å²) < 4.78 is 5.58. The van der Waals surface area contributed by atoms with E-state index in [-0.39, 0.29) is 0 Å². The molecular weight excluding hydrogens is 200 g/mol. The Morgan fingerprint density at radius 2 is 2.00 bits per heavy atom. The van der Waals surface area contributed by atoms with Gasteiger partial charge in [0.2, 0.25) is 0 Å². The van der Waals surface area contributed by atoms with Crippen LogP contribution in [0.3, 0.4) is 0 Å². The molecule has 1 aliphatic carbocycles. The van der Waals surface area contributed by atoms with Crippen molar-refractivity contribution in [3.8, 4) is 0 Å². The lowest BCUT2D eigenvalue weighted by molar-refractivity contribution is 0.0125. The second-order valence-electron chi connectivity index (χ2n) is 5.07. The fourth-order valence-corrected chi connectivity index (χ4v) is 3.09. The van der Waals surface area contributed by atoms with E-state index in [1.807, 2.05) is 6.92 Å². The third kappa shape index (κ3) is 1.63. The number of fused-ring (bicyclic) bond motifs is 2. The molecule has 3 heteroatoms. The number of aryl methyl sites for hydroxylation is 2. The van der Waals surface area contributed by atoms with Crippen molar-refractivity contribution in [1.29, 1.82) is 0 Å². The molecule has 16 heavy (non-hydrogen) atoms. The molecular formula is C13H18N2O. The molecule has 1 aliphatic heterocycles. The van der Waals surface area contributed by atoms with E-state index in [0.717, 1.165) is 37.8 Å². The zero-order chi connectivity index (χ0) is 11.1. The van der Waals surface area contributed by atoms with Crippen LogP contribution in [0.5, 0.6) is 0 Å². The van der Waals surface area contributed by atoms with Crippen LogP contribution in [0.1, 0.15) is 29.2 Å². The second-order valence-corrected chi connectivity index (χ2v) is 5.07. The first-order valence-electron chi connectivity index (χ1n) is 6.15. The van der Waals surface area contributed by atoms with Gasteiger partial charge in [0.1, 0.15) is 5.82 Å². The molecule has 1 aromatic heterocycles. The first-order chi connectivity index (χ1) is 7.74. The third-order valence-corrected chi connectivity index (χ3v) is 3.96. The second kappa shape index (κ2) is 3.81. The van der Waals surface area contributed by atoms with E-state index >= 15 is 0 Å². The minimum atomic E-state index is 0.700. The number of hydrogen-bond donors (Lipinski definition) is 0. The van der Waals surface area contributed by atoms with Crippen molar-refractivity contribution >= 4 is 0 Å². The van der Waals surface area contributed by atoms with Gasteiger partial charge in [-0.3, -0.25) is 0 Å². The van der Waals surface area contributed by atoms with Gasteiger partial charge < -0.3 is 4.74 Å². The molecule has 0 bridgehead atoms. The summed E-state index contributed by atoms with van der Waals surface area (Å²) in [6.45, 7) is 5.96. The molecule has 2 unspecified atom stereocenters. The highest BCUT2D eigenvalue weighted by Gasteiger charge is 2.32. The highest BCUT2D eigenvalue weighted by Crippen LogP contribution is 2.34. The van der Waals surface area contributed by atoms with Crippen molar-refractivity contribution in [2.75, 3.05) is 13.2 Å². The zero-order valence-corrected chi connectivity index (χ0v) is 9.99. The van der Waals surface area contributed by atoms with Gasteiger partial charge in [-0.25, -0.2) is 9.97 Å². The van der Waals surface area contributed by atoms with Crippen LogP contribution < -0.4 is 0 Å². The summed E-state index contributed by atoms with van der Waals surface area (Å²) in [6.07, 6.45) is 3.45. The largest absolute Gasteiger partial charge is 0.381 e. The molecule has 3 rings (SSSR count). The maximum Gasteiger partial charge on any atom is 0.125 e. The van der Waals surface area contributed by atoms with Crippen LogP contribution in [-0.4, -0.2) is 23.2 Å². The van der Waals surface area contributed by atoms with Crippen LogP contribution in [0.15, 0.2) is 0 Å². The topological polar surface area (TPSA) is 35.0 Å². The van der Waals surface area contributed by atoms with Crippen LogP contribution in [0.25, 0.3) is 0 Å². The lowest BCUT2D eigenvalue weighted by atomic mass is 9.75. The van der Waals surface area contributed by atoms with Gasteiger partial charge in [0, 0.05) is 24.6 Å². The van der Waals surface area contributed by atoms with Crippen molar-refractivity contribution in [3.63, 3.8) is 0 Å². The molecule has 1 saturated heterocycles. The number of hydrogen-bond acceptors (Lipinski definition) is 3. The minimum Gasteiger partial charge on any atom is -0.381 e. The summed E-state index contributed by atoms with van der Waals surface area (Å²) in [5, 5.41) is 0. The van der Waals surface area contributed by atoms with E-state index in [4.69, 9.17) is 4.74 Å². The predicted molar refractivity (Wildman–Crippen MR) is 61.3 cm³/mol. The highest BCUT2D eigenvalue weighted by atomic mass is 16.5. The summed E-state index contributed by atoms with van der Waals surface area (Å²) in [7, 11) is 0. The van der Waals surface area contributed by atoms with Gasteiger partial charge >= 0.3 is 0 Å². The molecule has 1 aromatic rings. The Balaban J connectivity index is 1.98. The molecule has 0 radical (unpaired) electrons. The lowest BCUT2D eigenvalue weighted by Crippen LogP contribution is -2.35. The molecule has 0 spiro atoms. The van der Waals surface area contributed by atoms with E-state index in [1.165, 1.54) is 23.4 Å². The Morgan fingerprint density at radius 3 is 2.88 bits per heavy atom. The fraction of sp³-hybridized carbons (Fsp3) is 0.692. The Bertz CT molecular complexity index is 417. The monoisotopic (exact) mass is 218 g/mol. The van der Waals surface area contributed by atoms with Crippen LogP contribution in [0, 0.1) is 25.7 Å². The quantitative estimate of drug-likeness (QED) is 0.666. The lowest BCUT2D eigenvalue weighted by Gasteiger charge is -2.36. The number of aromatic nitrogens is 2. The van der Waals surface area contributed by atoms with Gasteiger partial charge in [0.15, 0.2) is 0 Å². The Kier molecular flexibility index (Phi) is 2.43. The molecule has 0 saturated carbocycles. The van der Waals surface area contributed by atoms with Crippen molar-refractivity contribution in [2.24, 2.45) is 11.8 Å². The molecule has 86 valence electrons. The van der Waals surface area contributed by atoms with Crippen LogP contribution in [0.2, 0.25) is 0 Å². The molecule has 0 amide bonds. The van der Waals surface area contributed by atoms with Gasteiger partial charge in [-0.15, -0.1) is 0 Å². The number of rotatable bonds is 0. The maximum absolute atomic E-state index is 5.58. The first-order valence-corrected chi connectivity index (χ1v) is 6.15. The average molecular weight is 218 g/mol. The van der Waals surface area contributed by atoms with Crippen molar-refractivity contribution in [1.82, 2.24) is 9.97 Å². The van der Waals surface area contributed by atoms with Crippen LogP contribution >= 0.6 is 0 Å². The van der Waals surface area contributed by atoms with Gasteiger partial charge in [0.25, 0.3) is 0 Å². The van der Waals surface area contributed by atoms with E-state index < -0.39 is 0 Å². The zero-order valence-electron chi connectivity index (χ0n) is 9.99. The Morgan fingerprint density at radius 1 is 1.12 bits per heavy atom. The highest BCUT2D eigenvalue weighted by molar-refractivity contribution is 5.29. The smallest absolute Gasteiger partial charge is 0.125 e. The van der Waals surface area contributed by atoms with Gasteiger partial charge in [0.05, 0.1) is 0 Å². The van der Waals surface area contributed by atoms with Crippen molar-refractivity contribution in [2.45, 2.75) is 33.1 Å². The van der Waals surface area contributed by atoms with Gasteiger partial charge in [-0.1, -0.05) is 0 Å². The molecule has 2 heterocycles. The molecule has 1 fully saturated rings. The SMILES string of the molecule is Cc1nc(C)c2c(n1)CC1CCOCC1C2. The predicted octanol–water partition coefficient (Wildman–Crippen LogP) is 1.84. The van der Waals surface area contributed by atoms with Crippen molar-refractivity contribution < 1.29 is 4.74 Å². The summed E-state index contributed by atoms with van der Waals surface area (Å²) in [5.41, 5.74) is 3.86. The standard InChI is InChI=1S/C13H18N2O/c1-8-12-5-11-7-16-4-3-10(11)6-13(12)15-9(2)14-8/h10-11H,3-7H2,1-2H3. The van der Waals surface area contributed by atoms with E-state index in [2.05, 4.69) is 16.9 Å². The summed E-state index contributed by atoms with van der Waals surface area (Å²) in [6, 6.07) is 0. The molecule has 0 N–H and O–H groups in total. The van der Waals surface area contributed by atoms with Crippen LogP contribution in [-0.2, 0) is 17.6 Å². The minimum absolute atomic E-state index is 0.700. The molecule has 3 nitrogen and oxygen atoms in total. The van der Waals surface area contributed by atoms with Crippen LogP contribution in [0.4, 0.5) is 0 Å². The summed E-state index contributed by atoms with van der Waals surface area (Å²) >= 11 is 0.